The number of benzene rings is 1. The highest BCUT2D eigenvalue weighted by atomic mass is 31.2. The van der Waals surface area contributed by atoms with Gasteiger partial charge in [-0.15, -0.1) is 0 Å². The van der Waals surface area contributed by atoms with Gasteiger partial charge in [0.2, 0.25) is 0 Å². The summed E-state index contributed by atoms with van der Waals surface area (Å²) in [5, 5.41) is 0. The minimum absolute atomic E-state index is 0.0286. The van der Waals surface area contributed by atoms with E-state index < -0.39 is 8.38 Å². The van der Waals surface area contributed by atoms with Gasteiger partial charge in [0.25, 0.3) is 11.8 Å². The molecule has 0 atom stereocenters. The van der Waals surface area contributed by atoms with E-state index in [1.165, 1.54) is 0 Å². The van der Waals surface area contributed by atoms with Crippen LogP contribution in [0.25, 0.3) is 0 Å². The summed E-state index contributed by atoms with van der Waals surface area (Å²) in [7, 11) is -2.08. The number of carbonyl (C=O) groups excluding carboxylic acids is 2. The maximum absolute atomic E-state index is 11.8. The second kappa shape index (κ2) is 4.29. The lowest BCUT2D eigenvalue weighted by molar-refractivity contribution is 0.0663. The van der Waals surface area contributed by atoms with Gasteiger partial charge in [-0.25, -0.2) is 0 Å². The van der Waals surface area contributed by atoms with Crippen molar-refractivity contribution in [3.05, 3.63) is 35.4 Å². The minimum Gasteiger partial charge on any atom is -0.350 e. The summed E-state index contributed by atoms with van der Waals surface area (Å²) >= 11 is 0. The van der Waals surface area contributed by atoms with Crippen LogP contribution < -0.4 is 0 Å². The number of imide groups is 1. The standard InChI is InChI=1S/C10H10NO4P/c12-9-7-3-1-2-4-8(7)10(13)11(9)5-6-16(14)15/h1-4,14-15H,5-6H2. The van der Waals surface area contributed by atoms with E-state index in [0.29, 0.717) is 11.1 Å². The lowest BCUT2D eigenvalue weighted by Gasteiger charge is -2.13. The normalized spacial score (nSPS) is 14.8. The van der Waals surface area contributed by atoms with Crippen molar-refractivity contribution in [2.75, 3.05) is 12.7 Å². The van der Waals surface area contributed by atoms with E-state index in [2.05, 4.69) is 0 Å². The molecule has 1 aliphatic heterocycles. The summed E-state index contributed by atoms with van der Waals surface area (Å²) in [5.74, 6) is -0.727. The second-order valence-corrected chi connectivity index (χ2v) is 4.60. The molecule has 5 nitrogen and oxygen atoms in total. The smallest absolute Gasteiger partial charge is 0.261 e. The first-order valence-electron chi connectivity index (χ1n) is 4.72. The zero-order valence-electron chi connectivity index (χ0n) is 8.33. The highest BCUT2D eigenvalue weighted by Crippen LogP contribution is 2.26. The van der Waals surface area contributed by atoms with Gasteiger partial charge < -0.3 is 9.79 Å². The Kier molecular flexibility index (Phi) is 3.01. The van der Waals surface area contributed by atoms with Gasteiger partial charge in [0.15, 0.2) is 8.38 Å². The van der Waals surface area contributed by atoms with Crippen LogP contribution in [0.2, 0.25) is 0 Å². The number of rotatable bonds is 3. The zero-order valence-corrected chi connectivity index (χ0v) is 9.22. The topological polar surface area (TPSA) is 77.8 Å². The van der Waals surface area contributed by atoms with Crippen LogP contribution >= 0.6 is 8.38 Å². The number of hydrogen-bond acceptors (Lipinski definition) is 4. The van der Waals surface area contributed by atoms with Crippen molar-refractivity contribution < 1.29 is 19.4 Å². The molecular formula is C10H10NO4P. The Morgan fingerprint density at radius 3 is 2.00 bits per heavy atom. The lowest BCUT2D eigenvalue weighted by Crippen LogP contribution is -2.32. The zero-order chi connectivity index (χ0) is 11.7. The molecule has 1 aromatic carbocycles. The molecule has 2 rings (SSSR count). The van der Waals surface area contributed by atoms with Gasteiger partial charge >= 0.3 is 0 Å². The quantitative estimate of drug-likeness (QED) is 0.597. The molecule has 0 radical (unpaired) electrons. The third kappa shape index (κ3) is 1.85. The molecule has 6 heteroatoms. The van der Waals surface area contributed by atoms with Crippen molar-refractivity contribution in [1.82, 2.24) is 4.90 Å². The Hall–Kier alpha value is -1.29. The van der Waals surface area contributed by atoms with E-state index in [-0.39, 0.29) is 24.5 Å². The van der Waals surface area contributed by atoms with Crippen LogP contribution in [-0.4, -0.2) is 39.2 Å². The van der Waals surface area contributed by atoms with Crippen molar-refractivity contribution in [2.45, 2.75) is 0 Å². The Labute approximate surface area is 93.2 Å². The SMILES string of the molecule is O=C1c2ccccc2C(=O)N1CCP(O)O. The number of nitrogens with zero attached hydrogens (tertiary/aromatic N) is 1. The third-order valence-corrected chi connectivity index (χ3v) is 3.00. The molecule has 0 spiro atoms. The molecule has 2 N–H and O–H groups in total. The Balaban J connectivity index is 2.22. The van der Waals surface area contributed by atoms with Crippen LogP contribution in [0.15, 0.2) is 24.3 Å². The molecule has 0 unspecified atom stereocenters. The van der Waals surface area contributed by atoms with E-state index in [1.54, 1.807) is 24.3 Å². The Morgan fingerprint density at radius 2 is 1.56 bits per heavy atom. The molecule has 2 amide bonds. The van der Waals surface area contributed by atoms with Gasteiger partial charge in [-0.1, -0.05) is 12.1 Å². The summed E-state index contributed by atoms with van der Waals surface area (Å²) in [6.45, 7) is 0.0467. The molecule has 1 heterocycles. The van der Waals surface area contributed by atoms with Crippen LogP contribution in [0.3, 0.4) is 0 Å². The third-order valence-electron chi connectivity index (χ3n) is 2.40. The molecule has 0 bridgehead atoms. The summed E-state index contributed by atoms with van der Waals surface area (Å²) < 4.78 is 0. The average Bonchev–Trinajstić information content (AvgIpc) is 2.50. The molecule has 0 fully saturated rings. The molecule has 1 aromatic rings. The summed E-state index contributed by atoms with van der Waals surface area (Å²) in [6, 6.07) is 6.57. The van der Waals surface area contributed by atoms with E-state index in [1.807, 2.05) is 0 Å². The van der Waals surface area contributed by atoms with Crippen LogP contribution in [-0.2, 0) is 0 Å². The van der Waals surface area contributed by atoms with Crippen molar-refractivity contribution in [1.29, 1.82) is 0 Å². The summed E-state index contributed by atoms with van der Waals surface area (Å²) in [4.78, 5) is 42.1. The Morgan fingerprint density at radius 1 is 1.06 bits per heavy atom. The summed E-state index contributed by atoms with van der Waals surface area (Å²) in [5.41, 5.74) is 0.764. The number of amides is 2. The van der Waals surface area contributed by atoms with Crippen molar-refractivity contribution in [2.24, 2.45) is 0 Å². The largest absolute Gasteiger partial charge is 0.350 e. The van der Waals surface area contributed by atoms with Gasteiger partial charge in [-0.05, 0) is 12.1 Å². The lowest BCUT2D eigenvalue weighted by atomic mass is 10.1. The average molecular weight is 239 g/mol. The molecule has 0 saturated carbocycles. The predicted octanol–water partition coefficient (Wildman–Crippen LogP) is 0.579. The maximum atomic E-state index is 11.8. The first-order valence-corrected chi connectivity index (χ1v) is 6.15. The monoisotopic (exact) mass is 239 g/mol. The number of fused-ring (bicyclic) bond motifs is 1. The maximum Gasteiger partial charge on any atom is 0.261 e. The molecule has 0 aliphatic carbocycles. The number of carbonyl (C=O) groups is 2. The van der Waals surface area contributed by atoms with E-state index in [0.717, 1.165) is 4.90 Å². The van der Waals surface area contributed by atoms with Crippen molar-refractivity contribution >= 4 is 20.2 Å². The Bertz CT molecular complexity index is 411. The molecule has 1 aliphatic rings. The van der Waals surface area contributed by atoms with Gasteiger partial charge in [-0.3, -0.25) is 14.5 Å². The van der Waals surface area contributed by atoms with Crippen LogP contribution in [0.1, 0.15) is 20.7 Å². The van der Waals surface area contributed by atoms with Crippen LogP contribution in [0.4, 0.5) is 0 Å². The van der Waals surface area contributed by atoms with Crippen LogP contribution in [0, 0.1) is 0 Å². The van der Waals surface area contributed by atoms with Gasteiger partial charge in [-0.2, -0.15) is 0 Å². The first-order chi connectivity index (χ1) is 7.61. The van der Waals surface area contributed by atoms with E-state index >= 15 is 0 Å². The summed E-state index contributed by atoms with van der Waals surface area (Å²) in [6.07, 6.45) is 0.0286. The van der Waals surface area contributed by atoms with Gasteiger partial charge in [0.1, 0.15) is 0 Å². The van der Waals surface area contributed by atoms with Crippen LogP contribution in [0.5, 0.6) is 0 Å². The fourth-order valence-electron chi connectivity index (χ4n) is 1.63. The fourth-order valence-corrected chi connectivity index (χ4v) is 2.01. The van der Waals surface area contributed by atoms with Crippen molar-refractivity contribution in [3.8, 4) is 0 Å². The highest BCUT2D eigenvalue weighted by molar-refractivity contribution is 7.45. The minimum atomic E-state index is -2.08. The first kappa shape index (κ1) is 11.2. The molecule has 16 heavy (non-hydrogen) atoms. The molecule has 84 valence electrons. The van der Waals surface area contributed by atoms with Gasteiger partial charge in [0.05, 0.1) is 11.1 Å². The van der Waals surface area contributed by atoms with Gasteiger partial charge in [0, 0.05) is 12.7 Å². The predicted molar refractivity (Wildman–Crippen MR) is 58.0 cm³/mol. The fraction of sp³-hybridized carbons (Fsp3) is 0.200. The number of hydrogen-bond donors (Lipinski definition) is 2. The molecular weight excluding hydrogens is 229 g/mol. The molecule has 0 aromatic heterocycles. The van der Waals surface area contributed by atoms with Crippen molar-refractivity contribution in [3.63, 3.8) is 0 Å². The van der Waals surface area contributed by atoms with E-state index in [4.69, 9.17) is 9.79 Å². The van der Waals surface area contributed by atoms with E-state index in [9.17, 15) is 9.59 Å². The second-order valence-electron chi connectivity index (χ2n) is 3.40. The highest BCUT2D eigenvalue weighted by Gasteiger charge is 2.34. The molecule has 0 saturated heterocycles.